The fourth-order valence-corrected chi connectivity index (χ4v) is 2.90. The zero-order valence-corrected chi connectivity index (χ0v) is 12.7. The van der Waals surface area contributed by atoms with Gasteiger partial charge in [-0.3, -0.25) is 10.1 Å². The molecule has 0 saturated carbocycles. The Morgan fingerprint density at radius 3 is 2.50 bits per heavy atom. The van der Waals surface area contributed by atoms with Crippen molar-refractivity contribution in [2.75, 3.05) is 0 Å². The van der Waals surface area contributed by atoms with E-state index in [1.807, 2.05) is 0 Å². The SMILES string of the molecule is Cc1cc2c(Cl)c([N+](=O)[O-])c(Cl)nc2c(Br)c1Cl. The van der Waals surface area contributed by atoms with Crippen molar-refractivity contribution in [1.82, 2.24) is 4.98 Å². The second-order valence-corrected chi connectivity index (χ2v) is 5.45. The van der Waals surface area contributed by atoms with Gasteiger partial charge in [0.1, 0.15) is 5.02 Å². The number of hydrogen-bond acceptors (Lipinski definition) is 3. The second-order valence-electron chi connectivity index (χ2n) is 3.54. The van der Waals surface area contributed by atoms with Gasteiger partial charge in [0.05, 0.1) is 19.9 Å². The van der Waals surface area contributed by atoms with E-state index in [0.29, 0.717) is 20.4 Å². The van der Waals surface area contributed by atoms with E-state index >= 15 is 0 Å². The number of halogens is 4. The summed E-state index contributed by atoms with van der Waals surface area (Å²) in [6, 6.07) is 1.64. The van der Waals surface area contributed by atoms with Gasteiger partial charge in [0, 0.05) is 5.39 Å². The molecule has 0 aliphatic heterocycles. The van der Waals surface area contributed by atoms with Crippen LogP contribution in [-0.4, -0.2) is 9.91 Å². The van der Waals surface area contributed by atoms with Gasteiger partial charge >= 0.3 is 5.69 Å². The Hall–Kier alpha value is -0.620. The number of benzene rings is 1. The van der Waals surface area contributed by atoms with Crippen LogP contribution >= 0.6 is 50.7 Å². The van der Waals surface area contributed by atoms with Crippen molar-refractivity contribution in [3.63, 3.8) is 0 Å². The summed E-state index contributed by atoms with van der Waals surface area (Å²) in [6.07, 6.45) is 0. The predicted molar refractivity (Wildman–Crippen MR) is 75.9 cm³/mol. The summed E-state index contributed by atoms with van der Waals surface area (Å²) in [5.41, 5.74) is 0.724. The molecule has 4 nitrogen and oxygen atoms in total. The molecule has 0 amide bonds. The highest BCUT2D eigenvalue weighted by atomic mass is 79.9. The maximum absolute atomic E-state index is 10.9. The molecular formula is C10H4BrCl3N2O2. The van der Waals surface area contributed by atoms with Gasteiger partial charge in [-0.2, -0.15) is 0 Å². The lowest BCUT2D eigenvalue weighted by molar-refractivity contribution is -0.384. The molecule has 2 aromatic rings. The van der Waals surface area contributed by atoms with Gasteiger partial charge in [-0.05, 0) is 34.5 Å². The molecule has 0 radical (unpaired) electrons. The first-order valence-corrected chi connectivity index (χ1v) is 6.55. The molecule has 0 N–H and O–H groups in total. The third-order valence-corrected chi connectivity index (χ3v) is 4.53. The lowest BCUT2D eigenvalue weighted by atomic mass is 10.1. The monoisotopic (exact) mass is 368 g/mol. The van der Waals surface area contributed by atoms with Crippen molar-refractivity contribution in [1.29, 1.82) is 0 Å². The summed E-state index contributed by atoms with van der Waals surface area (Å²) in [6.45, 7) is 1.77. The highest BCUT2D eigenvalue weighted by Gasteiger charge is 2.24. The fourth-order valence-electron chi connectivity index (χ4n) is 1.54. The predicted octanol–water partition coefficient (Wildman–Crippen LogP) is 5.17. The van der Waals surface area contributed by atoms with Crippen molar-refractivity contribution < 1.29 is 4.92 Å². The maximum atomic E-state index is 10.9. The molecule has 0 bridgehead atoms. The molecular weight excluding hydrogens is 366 g/mol. The van der Waals surface area contributed by atoms with Crippen LogP contribution in [0, 0.1) is 17.0 Å². The van der Waals surface area contributed by atoms with Crippen molar-refractivity contribution in [2.24, 2.45) is 0 Å². The molecule has 94 valence electrons. The maximum Gasteiger partial charge on any atom is 0.325 e. The molecule has 0 fully saturated rings. The van der Waals surface area contributed by atoms with Crippen LogP contribution in [0.3, 0.4) is 0 Å². The van der Waals surface area contributed by atoms with E-state index in [2.05, 4.69) is 20.9 Å². The molecule has 1 heterocycles. The Morgan fingerprint density at radius 2 is 1.94 bits per heavy atom. The van der Waals surface area contributed by atoms with Gasteiger partial charge < -0.3 is 0 Å². The molecule has 0 unspecified atom stereocenters. The minimum absolute atomic E-state index is 0.0459. The number of fused-ring (bicyclic) bond motifs is 1. The molecule has 18 heavy (non-hydrogen) atoms. The van der Waals surface area contributed by atoms with E-state index in [4.69, 9.17) is 34.8 Å². The van der Waals surface area contributed by atoms with Crippen LogP contribution in [0.4, 0.5) is 5.69 Å². The first kappa shape index (κ1) is 13.8. The van der Waals surface area contributed by atoms with Crippen molar-refractivity contribution in [3.05, 3.63) is 41.4 Å². The lowest BCUT2D eigenvalue weighted by Gasteiger charge is -2.08. The average Bonchev–Trinajstić information content (AvgIpc) is 2.28. The zero-order valence-electron chi connectivity index (χ0n) is 8.80. The molecule has 0 atom stereocenters. The van der Waals surface area contributed by atoms with Gasteiger partial charge in [0.15, 0.2) is 0 Å². The Morgan fingerprint density at radius 1 is 1.33 bits per heavy atom. The summed E-state index contributed by atoms with van der Waals surface area (Å²) in [7, 11) is 0. The Kier molecular flexibility index (Phi) is 3.69. The summed E-state index contributed by atoms with van der Waals surface area (Å²) in [5.74, 6) is 0. The largest absolute Gasteiger partial charge is 0.325 e. The van der Waals surface area contributed by atoms with Gasteiger partial charge in [-0.25, -0.2) is 4.98 Å². The van der Waals surface area contributed by atoms with Crippen LogP contribution in [0.2, 0.25) is 15.2 Å². The van der Waals surface area contributed by atoms with E-state index in [1.165, 1.54) is 0 Å². The number of aryl methyl sites for hydroxylation is 1. The van der Waals surface area contributed by atoms with Crippen LogP contribution < -0.4 is 0 Å². The Bertz CT molecular complexity index is 691. The fraction of sp³-hybridized carbons (Fsp3) is 0.100. The first-order chi connectivity index (χ1) is 8.34. The highest BCUT2D eigenvalue weighted by Crippen LogP contribution is 2.41. The van der Waals surface area contributed by atoms with Gasteiger partial charge in [-0.1, -0.05) is 34.8 Å². The van der Waals surface area contributed by atoms with E-state index < -0.39 is 10.6 Å². The van der Waals surface area contributed by atoms with Crippen molar-refractivity contribution >= 4 is 67.3 Å². The zero-order chi connectivity index (χ0) is 13.6. The quantitative estimate of drug-likeness (QED) is 0.395. The first-order valence-electron chi connectivity index (χ1n) is 4.62. The van der Waals surface area contributed by atoms with Gasteiger partial charge in [0.25, 0.3) is 0 Å². The molecule has 1 aromatic heterocycles. The van der Waals surface area contributed by atoms with Crippen LogP contribution in [0.5, 0.6) is 0 Å². The standard InChI is InChI=1S/C10H4BrCl3N2O2/c1-3-2-4-7(13)9(16(17)18)10(14)15-8(4)5(11)6(3)12/h2H,1H3. The summed E-state index contributed by atoms with van der Waals surface area (Å²) in [5, 5.41) is 11.5. The number of aromatic nitrogens is 1. The highest BCUT2D eigenvalue weighted by molar-refractivity contribution is 9.10. The van der Waals surface area contributed by atoms with E-state index in [0.717, 1.165) is 5.56 Å². The van der Waals surface area contributed by atoms with Crippen LogP contribution in [0.25, 0.3) is 10.9 Å². The molecule has 0 saturated heterocycles. The van der Waals surface area contributed by atoms with Gasteiger partial charge in [0.2, 0.25) is 5.15 Å². The second kappa shape index (κ2) is 4.81. The van der Waals surface area contributed by atoms with Crippen molar-refractivity contribution in [2.45, 2.75) is 6.92 Å². The van der Waals surface area contributed by atoms with Crippen LogP contribution in [0.1, 0.15) is 5.56 Å². The summed E-state index contributed by atoms with van der Waals surface area (Å²) >= 11 is 21.1. The number of nitro groups is 1. The van der Waals surface area contributed by atoms with Crippen molar-refractivity contribution in [3.8, 4) is 0 Å². The molecule has 0 aliphatic carbocycles. The van der Waals surface area contributed by atoms with E-state index in [-0.39, 0.29) is 10.2 Å². The smallest absolute Gasteiger partial charge is 0.258 e. The van der Waals surface area contributed by atoms with E-state index in [1.54, 1.807) is 13.0 Å². The Balaban J connectivity index is 3.01. The summed E-state index contributed by atoms with van der Waals surface area (Å²) in [4.78, 5) is 14.2. The third kappa shape index (κ3) is 2.05. The number of nitrogens with zero attached hydrogens (tertiary/aromatic N) is 2. The van der Waals surface area contributed by atoms with Crippen LogP contribution in [0.15, 0.2) is 10.5 Å². The molecule has 2 rings (SSSR count). The minimum Gasteiger partial charge on any atom is -0.258 e. The van der Waals surface area contributed by atoms with E-state index in [9.17, 15) is 10.1 Å². The number of pyridine rings is 1. The van der Waals surface area contributed by atoms with Gasteiger partial charge in [-0.15, -0.1) is 0 Å². The Labute approximate surface area is 125 Å². The molecule has 1 aromatic carbocycles. The number of hydrogen-bond donors (Lipinski definition) is 0. The lowest BCUT2D eigenvalue weighted by Crippen LogP contribution is -1.95. The van der Waals surface area contributed by atoms with Crippen LogP contribution in [-0.2, 0) is 0 Å². The number of rotatable bonds is 1. The molecule has 0 spiro atoms. The average molecular weight is 370 g/mol. The minimum atomic E-state index is -0.658. The molecule has 0 aliphatic rings. The molecule has 8 heteroatoms. The summed E-state index contributed by atoms with van der Waals surface area (Å²) < 4.78 is 0.512. The third-order valence-electron chi connectivity index (χ3n) is 2.40. The normalized spacial score (nSPS) is 10.9. The topological polar surface area (TPSA) is 56.0 Å².